The Balaban J connectivity index is 1.76. The second-order valence-corrected chi connectivity index (χ2v) is 6.36. The molecular weight excluding hydrogens is 362 g/mol. The number of rotatable bonds is 8. The van der Waals surface area contributed by atoms with E-state index in [0.29, 0.717) is 25.3 Å². The number of esters is 1. The van der Waals surface area contributed by atoms with Gasteiger partial charge in [0.05, 0.1) is 19.8 Å². The van der Waals surface area contributed by atoms with Crippen LogP contribution < -0.4 is 10.2 Å². The Morgan fingerprint density at radius 3 is 2.54 bits per heavy atom. The van der Waals surface area contributed by atoms with Gasteiger partial charge in [-0.3, -0.25) is 9.59 Å². The fourth-order valence-corrected chi connectivity index (χ4v) is 2.59. The van der Waals surface area contributed by atoms with Crippen molar-refractivity contribution < 1.29 is 23.9 Å². The maximum absolute atomic E-state index is 12.1. The highest BCUT2D eigenvalue weighted by atomic mass is 16.5. The Morgan fingerprint density at radius 2 is 1.89 bits per heavy atom. The van der Waals surface area contributed by atoms with Gasteiger partial charge >= 0.3 is 5.97 Å². The quantitative estimate of drug-likeness (QED) is 0.535. The third kappa shape index (κ3) is 7.03. The summed E-state index contributed by atoms with van der Waals surface area (Å²) in [5, 5.41) is 2.76. The molecule has 0 saturated carbocycles. The van der Waals surface area contributed by atoms with Crippen LogP contribution in [0.5, 0.6) is 0 Å². The first kappa shape index (κ1) is 21.4. The number of benzene rings is 1. The van der Waals surface area contributed by atoms with Gasteiger partial charge in [-0.25, -0.2) is 4.79 Å². The van der Waals surface area contributed by atoms with Crippen molar-refractivity contribution in [2.24, 2.45) is 0 Å². The molecule has 0 bridgehead atoms. The van der Waals surface area contributed by atoms with E-state index in [2.05, 4.69) is 10.2 Å². The normalized spacial score (nSPS) is 14.0. The van der Waals surface area contributed by atoms with E-state index >= 15 is 0 Å². The number of nitrogens with one attached hydrogen (secondary N) is 1. The van der Waals surface area contributed by atoms with E-state index in [4.69, 9.17) is 9.47 Å². The summed E-state index contributed by atoms with van der Waals surface area (Å²) in [7, 11) is 1.49. The number of allylic oxidation sites excluding steroid dienone is 1. The zero-order valence-electron chi connectivity index (χ0n) is 16.3. The molecule has 1 heterocycles. The summed E-state index contributed by atoms with van der Waals surface area (Å²) in [6.45, 7) is 4.47. The Labute approximate surface area is 165 Å². The van der Waals surface area contributed by atoms with Crippen molar-refractivity contribution in [3.8, 4) is 0 Å². The smallest absolute Gasteiger partial charge is 0.330 e. The van der Waals surface area contributed by atoms with E-state index in [-0.39, 0.29) is 12.5 Å². The lowest BCUT2D eigenvalue weighted by atomic mass is 10.2. The van der Waals surface area contributed by atoms with Crippen LogP contribution in [0.2, 0.25) is 0 Å². The molecule has 1 N–H and O–H groups in total. The molecule has 0 spiro atoms. The highest BCUT2D eigenvalue weighted by Crippen LogP contribution is 2.19. The number of ether oxygens (including phenoxy) is 2. The van der Waals surface area contributed by atoms with Crippen molar-refractivity contribution >= 4 is 29.2 Å². The summed E-state index contributed by atoms with van der Waals surface area (Å²) in [6, 6.07) is 7.54. The second kappa shape index (κ2) is 11.1. The van der Waals surface area contributed by atoms with Gasteiger partial charge in [-0.1, -0.05) is 13.0 Å². The van der Waals surface area contributed by atoms with Crippen LogP contribution in [-0.4, -0.2) is 69.2 Å². The first-order valence-electron chi connectivity index (χ1n) is 9.29. The molecule has 8 nitrogen and oxygen atoms in total. The highest BCUT2D eigenvalue weighted by Gasteiger charge is 2.15. The second-order valence-electron chi connectivity index (χ2n) is 6.36. The number of nitrogens with zero attached hydrogens (tertiary/aromatic N) is 2. The zero-order chi connectivity index (χ0) is 20.4. The number of amides is 2. The van der Waals surface area contributed by atoms with Crippen LogP contribution in [-0.2, 0) is 23.9 Å². The summed E-state index contributed by atoms with van der Waals surface area (Å²) in [6.07, 6.45) is 3.63. The molecule has 152 valence electrons. The number of hydrogen-bond donors (Lipinski definition) is 1. The van der Waals surface area contributed by atoms with E-state index in [9.17, 15) is 14.4 Å². The lowest BCUT2D eigenvalue weighted by Crippen LogP contribution is -2.37. The molecule has 1 fully saturated rings. The third-order valence-corrected chi connectivity index (χ3v) is 4.16. The van der Waals surface area contributed by atoms with Crippen LogP contribution in [0.3, 0.4) is 0 Å². The fraction of sp³-hybridized carbons (Fsp3) is 0.450. The van der Waals surface area contributed by atoms with Crippen molar-refractivity contribution in [2.75, 3.05) is 56.7 Å². The number of anilines is 2. The molecular formula is C20H27N3O5. The summed E-state index contributed by atoms with van der Waals surface area (Å²) >= 11 is 0. The van der Waals surface area contributed by atoms with E-state index in [0.717, 1.165) is 18.8 Å². The van der Waals surface area contributed by atoms with Gasteiger partial charge in [-0.05, 0) is 30.7 Å². The van der Waals surface area contributed by atoms with E-state index in [1.807, 2.05) is 31.2 Å². The van der Waals surface area contributed by atoms with Crippen LogP contribution in [0, 0.1) is 0 Å². The van der Waals surface area contributed by atoms with Gasteiger partial charge in [-0.2, -0.15) is 0 Å². The summed E-state index contributed by atoms with van der Waals surface area (Å²) in [5.74, 6) is -1.35. The lowest BCUT2D eigenvalue weighted by Gasteiger charge is -2.28. The minimum atomic E-state index is -0.576. The van der Waals surface area contributed by atoms with Crippen LogP contribution in [0.15, 0.2) is 36.4 Å². The third-order valence-electron chi connectivity index (χ3n) is 4.16. The van der Waals surface area contributed by atoms with Crippen LogP contribution >= 0.6 is 0 Å². The van der Waals surface area contributed by atoms with E-state index < -0.39 is 18.5 Å². The van der Waals surface area contributed by atoms with E-state index in [1.54, 1.807) is 6.08 Å². The van der Waals surface area contributed by atoms with Crippen LogP contribution in [0.1, 0.15) is 13.3 Å². The maximum atomic E-state index is 12.1. The molecule has 1 aromatic rings. The Hall–Kier alpha value is -2.87. The largest absolute Gasteiger partial charge is 0.452 e. The molecule has 0 aliphatic carbocycles. The van der Waals surface area contributed by atoms with Gasteiger partial charge in [0, 0.05) is 37.6 Å². The van der Waals surface area contributed by atoms with Crippen molar-refractivity contribution in [1.82, 2.24) is 4.90 Å². The minimum absolute atomic E-state index is 0.133. The number of morpholine rings is 1. The first-order chi connectivity index (χ1) is 13.5. The molecule has 0 aromatic heterocycles. The minimum Gasteiger partial charge on any atom is -0.452 e. The molecule has 1 aliphatic rings. The number of hydrogen-bond acceptors (Lipinski definition) is 6. The predicted molar refractivity (Wildman–Crippen MR) is 106 cm³/mol. The summed E-state index contributed by atoms with van der Waals surface area (Å²) in [5.41, 5.74) is 1.73. The monoisotopic (exact) mass is 389 g/mol. The van der Waals surface area contributed by atoms with Gasteiger partial charge < -0.3 is 24.6 Å². The van der Waals surface area contributed by atoms with E-state index in [1.165, 1.54) is 18.0 Å². The number of likely N-dealkylation sites (N-methyl/N-ethyl adjacent to an activating group) is 1. The van der Waals surface area contributed by atoms with Gasteiger partial charge in [-0.15, -0.1) is 0 Å². The van der Waals surface area contributed by atoms with Crippen molar-refractivity contribution in [3.63, 3.8) is 0 Å². The summed E-state index contributed by atoms with van der Waals surface area (Å²) in [4.78, 5) is 38.9. The Bertz CT molecular complexity index is 696. The molecule has 2 rings (SSSR count). The van der Waals surface area contributed by atoms with Gasteiger partial charge in [0.15, 0.2) is 6.61 Å². The maximum Gasteiger partial charge on any atom is 0.330 e. The number of carbonyl (C=O) groups excluding carboxylic acids is 3. The molecule has 28 heavy (non-hydrogen) atoms. The lowest BCUT2D eigenvalue weighted by molar-refractivity contribution is -0.148. The summed E-state index contributed by atoms with van der Waals surface area (Å²) < 4.78 is 10.2. The SMILES string of the molecule is CC/C=C/C(=O)OCC(=O)N(C)CC(=O)Nc1ccc(N2CCOCC2)cc1. The van der Waals surface area contributed by atoms with Crippen molar-refractivity contribution in [2.45, 2.75) is 13.3 Å². The molecule has 1 aliphatic heterocycles. The molecule has 1 aromatic carbocycles. The molecule has 0 radical (unpaired) electrons. The fourth-order valence-electron chi connectivity index (χ4n) is 2.59. The first-order valence-corrected chi connectivity index (χ1v) is 9.29. The average molecular weight is 389 g/mol. The molecule has 8 heteroatoms. The van der Waals surface area contributed by atoms with Gasteiger partial charge in [0.2, 0.25) is 5.91 Å². The highest BCUT2D eigenvalue weighted by molar-refractivity contribution is 5.95. The molecule has 2 amide bonds. The zero-order valence-corrected chi connectivity index (χ0v) is 16.3. The molecule has 0 unspecified atom stereocenters. The topological polar surface area (TPSA) is 88.2 Å². The number of carbonyl (C=O) groups is 3. The van der Waals surface area contributed by atoms with Crippen molar-refractivity contribution in [1.29, 1.82) is 0 Å². The van der Waals surface area contributed by atoms with Crippen LogP contribution in [0.25, 0.3) is 0 Å². The molecule has 0 atom stereocenters. The Kier molecular flexibility index (Phi) is 8.48. The van der Waals surface area contributed by atoms with Gasteiger partial charge in [0.1, 0.15) is 0 Å². The van der Waals surface area contributed by atoms with Crippen LogP contribution in [0.4, 0.5) is 11.4 Å². The Morgan fingerprint density at radius 1 is 1.21 bits per heavy atom. The van der Waals surface area contributed by atoms with Crippen molar-refractivity contribution in [3.05, 3.63) is 36.4 Å². The molecule has 1 saturated heterocycles. The average Bonchev–Trinajstić information content (AvgIpc) is 2.71. The standard InChI is InChI=1S/C20H27N3O5/c1-3-4-5-20(26)28-15-19(25)22(2)14-18(24)21-16-6-8-17(9-7-16)23-10-12-27-13-11-23/h4-9H,3,10-15H2,1-2H3,(H,21,24)/b5-4+. The van der Waals surface area contributed by atoms with Gasteiger partial charge in [0.25, 0.3) is 5.91 Å². The predicted octanol–water partition coefficient (Wildman–Crippen LogP) is 1.43.